The molecule has 21 heavy (non-hydrogen) atoms. The lowest BCUT2D eigenvalue weighted by molar-refractivity contribution is 0.182. The van der Waals surface area contributed by atoms with Crippen LogP contribution in [0, 0.1) is 11.6 Å². The number of rotatable bonds is 6. The number of benzene rings is 1. The number of halogens is 3. The second-order valence-electron chi connectivity index (χ2n) is 4.52. The van der Waals surface area contributed by atoms with Gasteiger partial charge in [-0.3, -0.25) is 4.68 Å². The zero-order chi connectivity index (χ0) is 15.4. The SMILES string of the molecule is CNC(c1cc(F)cc(F)c1)c1c(Br)cnn1CCOC. The smallest absolute Gasteiger partial charge is 0.126 e. The van der Waals surface area contributed by atoms with E-state index in [0.717, 1.165) is 16.2 Å². The fourth-order valence-corrected chi connectivity index (χ4v) is 2.74. The van der Waals surface area contributed by atoms with Gasteiger partial charge >= 0.3 is 0 Å². The van der Waals surface area contributed by atoms with Crippen molar-refractivity contribution in [1.29, 1.82) is 0 Å². The summed E-state index contributed by atoms with van der Waals surface area (Å²) in [4.78, 5) is 0. The maximum atomic E-state index is 13.4. The quantitative estimate of drug-likeness (QED) is 0.861. The zero-order valence-corrected chi connectivity index (χ0v) is 13.3. The lowest BCUT2D eigenvalue weighted by Gasteiger charge is -2.19. The van der Waals surface area contributed by atoms with Gasteiger partial charge in [-0.25, -0.2) is 8.78 Å². The van der Waals surface area contributed by atoms with Crippen LogP contribution < -0.4 is 5.32 Å². The molecule has 0 radical (unpaired) electrons. The molecule has 4 nitrogen and oxygen atoms in total. The summed E-state index contributed by atoms with van der Waals surface area (Å²) in [6, 6.07) is 3.09. The Balaban J connectivity index is 2.43. The standard InChI is InChI=1S/C14H16BrF2N3O/c1-18-13(9-5-10(16)7-11(17)6-9)14-12(15)8-19-20(14)3-4-21-2/h5-8,13,18H,3-4H2,1-2H3. The van der Waals surface area contributed by atoms with Crippen molar-refractivity contribution >= 4 is 15.9 Å². The van der Waals surface area contributed by atoms with Crippen molar-refractivity contribution in [2.24, 2.45) is 0 Å². The molecule has 2 aromatic rings. The number of hydrogen-bond donors (Lipinski definition) is 1. The number of nitrogens with one attached hydrogen (secondary N) is 1. The molecule has 1 atom stereocenters. The molecule has 114 valence electrons. The van der Waals surface area contributed by atoms with Crippen molar-refractivity contribution in [3.63, 3.8) is 0 Å². The predicted octanol–water partition coefficient (Wildman–Crippen LogP) is 2.88. The topological polar surface area (TPSA) is 39.1 Å². The maximum absolute atomic E-state index is 13.4. The van der Waals surface area contributed by atoms with E-state index in [2.05, 4.69) is 26.3 Å². The molecule has 0 fully saturated rings. The minimum atomic E-state index is -0.607. The molecule has 1 aromatic heterocycles. The summed E-state index contributed by atoms with van der Waals surface area (Å²) in [5, 5.41) is 7.32. The van der Waals surface area contributed by atoms with Crippen molar-refractivity contribution in [1.82, 2.24) is 15.1 Å². The van der Waals surface area contributed by atoms with Crippen molar-refractivity contribution < 1.29 is 13.5 Å². The van der Waals surface area contributed by atoms with Crippen LogP contribution in [0.2, 0.25) is 0 Å². The highest BCUT2D eigenvalue weighted by Gasteiger charge is 2.21. The summed E-state index contributed by atoms with van der Waals surface area (Å²) >= 11 is 3.43. The number of aromatic nitrogens is 2. The average molecular weight is 360 g/mol. The normalized spacial score (nSPS) is 12.6. The highest BCUT2D eigenvalue weighted by molar-refractivity contribution is 9.10. The third-order valence-electron chi connectivity index (χ3n) is 3.12. The average Bonchev–Trinajstić information content (AvgIpc) is 2.78. The van der Waals surface area contributed by atoms with E-state index in [1.807, 2.05) is 0 Å². The van der Waals surface area contributed by atoms with Crippen LogP contribution in [0.4, 0.5) is 8.78 Å². The number of hydrogen-bond acceptors (Lipinski definition) is 3. The molecule has 1 N–H and O–H groups in total. The van der Waals surface area contributed by atoms with Crippen LogP contribution in [0.3, 0.4) is 0 Å². The Bertz CT molecular complexity index is 598. The van der Waals surface area contributed by atoms with Gasteiger partial charge in [0.1, 0.15) is 11.6 Å². The minimum Gasteiger partial charge on any atom is -0.383 e. The van der Waals surface area contributed by atoms with Gasteiger partial charge in [-0.2, -0.15) is 5.10 Å². The minimum absolute atomic E-state index is 0.385. The summed E-state index contributed by atoms with van der Waals surface area (Å²) in [5.41, 5.74) is 1.29. The van der Waals surface area contributed by atoms with Crippen LogP contribution in [0.5, 0.6) is 0 Å². The first-order valence-electron chi connectivity index (χ1n) is 6.40. The summed E-state index contributed by atoms with van der Waals surface area (Å²) in [6.07, 6.45) is 1.66. The van der Waals surface area contributed by atoms with Gasteiger partial charge in [0.25, 0.3) is 0 Å². The largest absolute Gasteiger partial charge is 0.383 e. The van der Waals surface area contributed by atoms with Gasteiger partial charge in [0.15, 0.2) is 0 Å². The summed E-state index contributed by atoms with van der Waals surface area (Å²) in [7, 11) is 3.34. The molecule has 0 saturated heterocycles. The van der Waals surface area contributed by atoms with Crippen LogP contribution in [0.1, 0.15) is 17.3 Å². The van der Waals surface area contributed by atoms with E-state index in [1.165, 1.54) is 12.1 Å². The van der Waals surface area contributed by atoms with Crippen molar-refractivity contribution in [3.05, 3.63) is 51.8 Å². The maximum Gasteiger partial charge on any atom is 0.126 e. The van der Waals surface area contributed by atoms with E-state index in [-0.39, 0.29) is 6.04 Å². The Labute approximate surface area is 130 Å². The second-order valence-corrected chi connectivity index (χ2v) is 5.37. The van der Waals surface area contributed by atoms with E-state index in [0.29, 0.717) is 18.7 Å². The van der Waals surface area contributed by atoms with Crippen LogP contribution in [0.25, 0.3) is 0 Å². The molecule has 0 amide bonds. The number of methoxy groups -OCH3 is 1. The monoisotopic (exact) mass is 359 g/mol. The van der Waals surface area contributed by atoms with Crippen LogP contribution in [-0.4, -0.2) is 30.5 Å². The van der Waals surface area contributed by atoms with E-state index >= 15 is 0 Å². The van der Waals surface area contributed by atoms with Crippen molar-refractivity contribution in [3.8, 4) is 0 Å². The first-order valence-corrected chi connectivity index (χ1v) is 7.19. The molecule has 0 bridgehead atoms. The Morgan fingerprint density at radius 3 is 2.57 bits per heavy atom. The molecule has 7 heteroatoms. The third-order valence-corrected chi connectivity index (χ3v) is 3.73. The van der Waals surface area contributed by atoms with Gasteiger partial charge in [0, 0.05) is 13.2 Å². The van der Waals surface area contributed by atoms with E-state index < -0.39 is 11.6 Å². The van der Waals surface area contributed by atoms with Crippen molar-refractivity contribution in [2.75, 3.05) is 20.8 Å². The lowest BCUT2D eigenvalue weighted by atomic mass is 10.0. The van der Waals surface area contributed by atoms with E-state index in [4.69, 9.17) is 4.74 Å². The Morgan fingerprint density at radius 1 is 1.33 bits per heavy atom. The molecule has 0 aliphatic rings. The molecule has 0 aliphatic carbocycles. The molecule has 2 rings (SSSR count). The number of nitrogens with zero attached hydrogens (tertiary/aromatic N) is 2. The fraction of sp³-hybridized carbons (Fsp3) is 0.357. The van der Waals surface area contributed by atoms with Gasteiger partial charge in [-0.1, -0.05) is 0 Å². The lowest BCUT2D eigenvalue weighted by Crippen LogP contribution is -2.23. The van der Waals surface area contributed by atoms with Crippen molar-refractivity contribution in [2.45, 2.75) is 12.6 Å². The molecule has 1 aromatic carbocycles. The highest BCUT2D eigenvalue weighted by atomic mass is 79.9. The number of ether oxygens (including phenoxy) is 1. The second kappa shape index (κ2) is 7.11. The van der Waals surface area contributed by atoms with Gasteiger partial charge in [0.2, 0.25) is 0 Å². The molecule has 0 saturated carbocycles. The summed E-state index contributed by atoms with van der Waals surface area (Å²) < 4.78 is 34.5. The Kier molecular flexibility index (Phi) is 5.44. The van der Waals surface area contributed by atoms with Gasteiger partial charge < -0.3 is 10.1 Å². The van der Waals surface area contributed by atoms with E-state index in [1.54, 1.807) is 25.0 Å². The third kappa shape index (κ3) is 3.66. The van der Waals surface area contributed by atoms with Gasteiger partial charge in [-0.05, 0) is 40.7 Å². The Hall–Kier alpha value is -1.31. The summed E-state index contributed by atoms with van der Waals surface area (Å²) in [5.74, 6) is -1.21. The van der Waals surface area contributed by atoms with Gasteiger partial charge in [-0.15, -0.1) is 0 Å². The summed E-state index contributed by atoms with van der Waals surface area (Å²) in [6.45, 7) is 1.04. The van der Waals surface area contributed by atoms with Crippen LogP contribution in [-0.2, 0) is 11.3 Å². The molecule has 0 aliphatic heterocycles. The highest BCUT2D eigenvalue weighted by Crippen LogP contribution is 2.29. The molecular formula is C14H16BrF2N3O. The predicted molar refractivity (Wildman–Crippen MR) is 79.1 cm³/mol. The zero-order valence-electron chi connectivity index (χ0n) is 11.7. The first kappa shape index (κ1) is 16.1. The molecule has 0 spiro atoms. The molecule has 1 unspecified atom stereocenters. The molecular weight excluding hydrogens is 344 g/mol. The molecule has 1 heterocycles. The first-order chi connectivity index (χ1) is 10.1. The fourth-order valence-electron chi connectivity index (χ4n) is 2.22. The van der Waals surface area contributed by atoms with E-state index in [9.17, 15) is 8.78 Å². The van der Waals surface area contributed by atoms with Crippen LogP contribution in [0.15, 0.2) is 28.9 Å². The van der Waals surface area contributed by atoms with Crippen LogP contribution >= 0.6 is 15.9 Å². The Morgan fingerprint density at radius 2 is 2.00 bits per heavy atom. The van der Waals surface area contributed by atoms with Gasteiger partial charge in [0.05, 0.1) is 35.6 Å².